The molecule has 1 N–H and O–H groups in total. The van der Waals surface area contributed by atoms with Crippen molar-refractivity contribution in [3.63, 3.8) is 0 Å². The second kappa shape index (κ2) is 4.87. The van der Waals surface area contributed by atoms with Gasteiger partial charge in [0.15, 0.2) is 0 Å². The highest BCUT2D eigenvalue weighted by Crippen LogP contribution is 2.26. The maximum Gasteiger partial charge on any atom is 0.147 e. The van der Waals surface area contributed by atoms with E-state index in [1.165, 1.54) is 57.0 Å². The summed E-state index contributed by atoms with van der Waals surface area (Å²) in [7, 11) is 0. The number of hydrogen-bond donors (Lipinski definition) is 1. The lowest BCUT2D eigenvalue weighted by Gasteiger charge is -2.24. The smallest absolute Gasteiger partial charge is 0.147 e. The second-order valence-corrected chi connectivity index (χ2v) is 6.30. The van der Waals surface area contributed by atoms with E-state index < -0.39 is 0 Å². The highest BCUT2D eigenvalue weighted by molar-refractivity contribution is 5.01. The molecule has 0 bridgehead atoms. The van der Waals surface area contributed by atoms with Crippen molar-refractivity contribution in [1.29, 1.82) is 0 Å². The molecule has 2 fully saturated rings. The van der Waals surface area contributed by atoms with Crippen molar-refractivity contribution >= 4 is 0 Å². The highest BCUT2D eigenvalue weighted by atomic mass is 15.3. The molecular formula is C14H23N5. The van der Waals surface area contributed by atoms with Gasteiger partial charge in [-0.2, -0.15) is 0 Å². The number of likely N-dealkylation sites (tertiary alicyclic amines) is 1. The molecule has 3 aliphatic heterocycles. The van der Waals surface area contributed by atoms with E-state index in [9.17, 15) is 0 Å². The zero-order valence-electron chi connectivity index (χ0n) is 11.5. The summed E-state index contributed by atoms with van der Waals surface area (Å²) in [5.74, 6) is 3.25. The molecule has 0 saturated carbocycles. The van der Waals surface area contributed by atoms with E-state index in [-0.39, 0.29) is 0 Å². The van der Waals surface area contributed by atoms with Crippen LogP contribution >= 0.6 is 0 Å². The van der Waals surface area contributed by atoms with E-state index in [0.717, 1.165) is 31.5 Å². The fraction of sp³-hybridized carbons (Fsp3) is 0.857. The molecule has 0 radical (unpaired) electrons. The minimum atomic E-state index is 0.720. The molecule has 2 unspecified atom stereocenters. The Kier molecular flexibility index (Phi) is 3.04. The van der Waals surface area contributed by atoms with E-state index in [1.54, 1.807) is 0 Å². The predicted octanol–water partition coefficient (Wildman–Crippen LogP) is 0.798. The van der Waals surface area contributed by atoms with E-state index in [4.69, 9.17) is 0 Å². The minimum Gasteiger partial charge on any atom is -0.314 e. The summed E-state index contributed by atoms with van der Waals surface area (Å²) < 4.78 is 2.36. The Morgan fingerprint density at radius 1 is 1.16 bits per heavy atom. The molecule has 1 aromatic heterocycles. The fourth-order valence-corrected chi connectivity index (χ4v) is 3.95. The molecule has 4 rings (SSSR count). The molecule has 0 aliphatic carbocycles. The Bertz CT molecular complexity index is 441. The Labute approximate surface area is 114 Å². The minimum absolute atomic E-state index is 0.720. The van der Waals surface area contributed by atoms with Crippen molar-refractivity contribution in [2.45, 2.75) is 51.2 Å². The third-order valence-electron chi connectivity index (χ3n) is 4.98. The van der Waals surface area contributed by atoms with Crippen LogP contribution in [0.15, 0.2) is 0 Å². The summed E-state index contributed by atoms with van der Waals surface area (Å²) in [6, 6.07) is 0.720. The topological polar surface area (TPSA) is 46.0 Å². The molecule has 2 atom stereocenters. The van der Waals surface area contributed by atoms with Crippen molar-refractivity contribution in [2.24, 2.45) is 5.92 Å². The molecule has 0 spiro atoms. The van der Waals surface area contributed by atoms with E-state index >= 15 is 0 Å². The SMILES string of the molecule is C1CCn2c(nnc2CN2CC3CCCNC3C2)C1. The number of hydrogen-bond acceptors (Lipinski definition) is 4. The van der Waals surface area contributed by atoms with Crippen LogP contribution in [0.1, 0.15) is 37.3 Å². The second-order valence-electron chi connectivity index (χ2n) is 6.30. The van der Waals surface area contributed by atoms with Gasteiger partial charge in [0.05, 0.1) is 6.54 Å². The number of nitrogens with one attached hydrogen (secondary N) is 1. The predicted molar refractivity (Wildman–Crippen MR) is 72.8 cm³/mol. The molecular weight excluding hydrogens is 238 g/mol. The molecule has 3 aliphatic rings. The number of nitrogens with zero attached hydrogens (tertiary/aromatic N) is 4. The van der Waals surface area contributed by atoms with Gasteiger partial charge in [-0.1, -0.05) is 0 Å². The quantitative estimate of drug-likeness (QED) is 0.855. The van der Waals surface area contributed by atoms with Gasteiger partial charge in [-0.3, -0.25) is 4.90 Å². The van der Waals surface area contributed by atoms with Crippen molar-refractivity contribution < 1.29 is 0 Å². The third kappa shape index (κ3) is 2.19. The number of piperidine rings is 1. The Balaban J connectivity index is 1.46. The van der Waals surface area contributed by atoms with Gasteiger partial charge in [0, 0.05) is 32.1 Å². The van der Waals surface area contributed by atoms with Crippen LogP contribution in [0.5, 0.6) is 0 Å². The number of fused-ring (bicyclic) bond motifs is 2. The maximum atomic E-state index is 4.43. The van der Waals surface area contributed by atoms with Crippen molar-refractivity contribution in [3.8, 4) is 0 Å². The summed E-state index contributed by atoms with van der Waals surface area (Å²) in [5.41, 5.74) is 0. The molecule has 0 amide bonds. The van der Waals surface area contributed by atoms with Gasteiger partial charge in [0.1, 0.15) is 11.6 Å². The molecule has 5 heteroatoms. The summed E-state index contributed by atoms with van der Waals surface area (Å²) in [6.45, 7) is 5.74. The van der Waals surface area contributed by atoms with Gasteiger partial charge in [-0.15, -0.1) is 10.2 Å². The highest BCUT2D eigenvalue weighted by Gasteiger charge is 2.34. The van der Waals surface area contributed by atoms with Crippen LogP contribution in [0.3, 0.4) is 0 Å². The number of aromatic nitrogens is 3. The lowest BCUT2D eigenvalue weighted by Crippen LogP contribution is -2.40. The molecule has 5 nitrogen and oxygen atoms in total. The van der Waals surface area contributed by atoms with Gasteiger partial charge >= 0.3 is 0 Å². The van der Waals surface area contributed by atoms with Crippen molar-refractivity contribution in [3.05, 3.63) is 11.6 Å². The van der Waals surface area contributed by atoms with Gasteiger partial charge in [-0.25, -0.2) is 0 Å². The normalized spacial score (nSPS) is 31.2. The zero-order valence-corrected chi connectivity index (χ0v) is 11.5. The van der Waals surface area contributed by atoms with E-state index in [1.807, 2.05) is 0 Å². The van der Waals surface area contributed by atoms with Gasteiger partial charge < -0.3 is 9.88 Å². The monoisotopic (exact) mass is 261 g/mol. The average Bonchev–Trinajstić information content (AvgIpc) is 3.03. The summed E-state index contributed by atoms with van der Waals surface area (Å²) in [6.07, 6.45) is 6.40. The molecule has 19 heavy (non-hydrogen) atoms. The van der Waals surface area contributed by atoms with Crippen LogP contribution in [0.25, 0.3) is 0 Å². The van der Waals surface area contributed by atoms with Crippen LogP contribution in [0.4, 0.5) is 0 Å². The summed E-state index contributed by atoms with van der Waals surface area (Å²) in [5, 5.41) is 12.5. The van der Waals surface area contributed by atoms with Gasteiger partial charge in [0.25, 0.3) is 0 Å². The van der Waals surface area contributed by atoms with Crippen molar-refractivity contribution in [2.75, 3.05) is 19.6 Å². The third-order valence-corrected chi connectivity index (χ3v) is 4.98. The molecule has 4 heterocycles. The largest absolute Gasteiger partial charge is 0.314 e. The Morgan fingerprint density at radius 3 is 3.11 bits per heavy atom. The zero-order chi connectivity index (χ0) is 12.7. The van der Waals surface area contributed by atoms with E-state index in [0.29, 0.717) is 0 Å². The standard InChI is InChI=1S/C14H23N5/c1-2-7-19-13(5-1)16-17-14(19)10-18-8-11-4-3-6-15-12(11)9-18/h11-12,15H,1-10H2. The van der Waals surface area contributed by atoms with Crippen molar-refractivity contribution in [1.82, 2.24) is 25.0 Å². The molecule has 0 aromatic carbocycles. The van der Waals surface area contributed by atoms with Crippen LogP contribution in [0, 0.1) is 5.92 Å². The Hall–Kier alpha value is -0.940. The molecule has 2 saturated heterocycles. The first-order valence-electron chi connectivity index (χ1n) is 7.77. The number of aryl methyl sites for hydroxylation is 1. The number of rotatable bonds is 2. The lowest BCUT2D eigenvalue weighted by atomic mass is 9.94. The average molecular weight is 261 g/mol. The first kappa shape index (κ1) is 11.9. The van der Waals surface area contributed by atoms with Crippen LogP contribution < -0.4 is 5.32 Å². The summed E-state index contributed by atoms with van der Waals surface area (Å²) >= 11 is 0. The fourth-order valence-electron chi connectivity index (χ4n) is 3.95. The molecule has 1 aromatic rings. The van der Waals surface area contributed by atoms with Crippen LogP contribution in [-0.2, 0) is 19.5 Å². The van der Waals surface area contributed by atoms with E-state index in [2.05, 4.69) is 25.0 Å². The Morgan fingerprint density at radius 2 is 2.16 bits per heavy atom. The summed E-state index contributed by atoms with van der Waals surface area (Å²) in [4.78, 5) is 2.57. The molecule has 104 valence electrons. The van der Waals surface area contributed by atoms with Crippen LogP contribution in [-0.4, -0.2) is 45.3 Å². The lowest BCUT2D eigenvalue weighted by molar-refractivity contribution is 0.297. The van der Waals surface area contributed by atoms with Crippen LogP contribution in [0.2, 0.25) is 0 Å². The maximum absolute atomic E-state index is 4.43. The first-order valence-corrected chi connectivity index (χ1v) is 7.77. The van der Waals surface area contributed by atoms with Gasteiger partial charge in [-0.05, 0) is 38.1 Å². The first-order chi connectivity index (χ1) is 9.40. The van der Waals surface area contributed by atoms with Gasteiger partial charge in [0.2, 0.25) is 0 Å².